The van der Waals surface area contributed by atoms with Crippen LogP contribution in [-0.4, -0.2) is 17.1 Å². The molecule has 14 heavy (non-hydrogen) atoms. The summed E-state index contributed by atoms with van der Waals surface area (Å²) in [6, 6.07) is 9.38. The molecule has 3 N–H and O–H groups in total. The molecule has 1 rings (SSSR count). The van der Waals surface area contributed by atoms with E-state index in [-0.39, 0.29) is 18.4 Å². The van der Waals surface area contributed by atoms with E-state index < -0.39 is 5.97 Å². The lowest BCUT2D eigenvalue weighted by Gasteiger charge is -2.18. The average molecular weight is 193 g/mol. The van der Waals surface area contributed by atoms with Gasteiger partial charge in [-0.25, -0.2) is 0 Å². The lowest BCUT2D eigenvalue weighted by atomic mass is 9.90. The van der Waals surface area contributed by atoms with Gasteiger partial charge in [0.05, 0.1) is 6.42 Å². The highest BCUT2D eigenvalue weighted by Gasteiger charge is 2.18. The van der Waals surface area contributed by atoms with Crippen molar-refractivity contribution in [3.8, 4) is 0 Å². The summed E-state index contributed by atoms with van der Waals surface area (Å²) in [6.45, 7) is 1.83. The molecule has 1 aromatic rings. The zero-order valence-corrected chi connectivity index (χ0v) is 8.18. The van der Waals surface area contributed by atoms with Crippen molar-refractivity contribution in [3.05, 3.63) is 35.9 Å². The number of carboxylic acids is 1. The molecule has 0 bridgehead atoms. The Bertz CT molecular complexity index is 295. The van der Waals surface area contributed by atoms with E-state index in [1.165, 1.54) is 0 Å². The maximum absolute atomic E-state index is 10.6. The molecule has 76 valence electrons. The average Bonchev–Trinajstić information content (AvgIpc) is 2.15. The molecule has 0 saturated heterocycles. The molecule has 3 heteroatoms. The maximum atomic E-state index is 10.6. The van der Waals surface area contributed by atoms with E-state index in [2.05, 4.69) is 0 Å². The minimum absolute atomic E-state index is 0.0850. The second-order valence-corrected chi connectivity index (χ2v) is 3.47. The molecule has 0 radical (unpaired) electrons. The van der Waals surface area contributed by atoms with E-state index in [1.807, 2.05) is 37.3 Å². The molecule has 0 saturated carbocycles. The van der Waals surface area contributed by atoms with Gasteiger partial charge in [-0.2, -0.15) is 0 Å². The third-order valence-corrected chi connectivity index (χ3v) is 2.26. The van der Waals surface area contributed by atoms with Crippen molar-refractivity contribution in [2.45, 2.75) is 25.3 Å². The van der Waals surface area contributed by atoms with Crippen LogP contribution in [0.4, 0.5) is 0 Å². The fraction of sp³-hybridized carbons (Fsp3) is 0.364. The number of benzene rings is 1. The van der Waals surface area contributed by atoms with Gasteiger partial charge < -0.3 is 10.8 Å². The zero-order chi connectivity index (χ0) is 10.6. The Morgan fingerprint density at radius 2 is 2.00 bits per heavy atom. The van der Waals surface area contributed by atoms with Crippen molar-refractivity contribution in [1.29, 1.82) is 0 Å². The van der Waals surface area contributed by atoms with Crippen molar-refractivity contribution in [3.63, 3.8) is 0 Å². The largest absolute Gasteiger partial charge is 0.481 e. The molecule has 1 aromatic carbocycles. The predicted molar refractivity (Wildman–Crippen MR) is 55.1 cm³/mol. The van der Waals surface area contributed by atoms with Crippen LogP contribution in [0.3, 0.4) is 0 Å². The van der Waals surface area contributed by atoms with Crippen molar-refractivity contribution in [1.82, 2.24) is 0 Å². The van der Waals surface area contributed by atoms with Gasteiger partial charge in [0.1, 0.15) is 0 Å². The van der Waals surface area contributed by atoms with Crippen LogP contribution < -0.4 is 5.73 Å². The normalized spacial score (nSPS) is 14.7. The lowest BCUT2D eigenvalue weighted by molar-refractivity contribution is -0.137. The molecule has 2 atom stereocenters. The van der Waals surface area contributed by atoms with Gasteiger partial charge in [0.15, 0.2) is 0 Å². The van der Waals surface area contributed by atoms with Gasteiger partial charge in [0, 0.05) is 12.0 Å². The van der Waals surface area contributed by atoms with Crippen LogP contribution in [0.2, 0.25) is 0 Å². The highest BCUT2D eigenvalue weighted by atomic mass is 16.4. The van der Waals surface area contributed by atoms with Crippen molar-refractivity contribution >= 4 is 5.97 Å². The van der Waals surface area contributed by atoms with Crippen LogP contribution >= 0.6 is 0 Å². The van der Waals surface area contributed by atoms with Crippen molar-refractivity contribution in [2.24, 2.45) is 5.73 Å². The first kappa shape index (κ1) is 10.7. The van der Waals surface area contributed by atoms with Crippen LogP contribution in [0.25, 0.3) is 0 Å². The first-order valence-electron chi connectivity index (χ1n) is 4.63. The summed E-state index contributed by atoms with van der Waals surface area (Å²) in [6.07, 6.45) is 0.0850. The number of rotatable bonds is 4. The number of nitrogens with two attached hydrogens (primary N) is 1. The minimum atomic E-state index is -0.809. The molecule has 0 spiro atoms. The van der Waals surface area contributed by atoms with Gasteiger partial charge in [-0.05, 0) is 12.5 Å². The van der Waals surface area contributed by atoms with E-state index in [0.717, 1.165) is 5.56 Å². The van der Waals surface area contributed by atoms with Crippen LogP contribution in [-0.2, 0) is 4.79 Å². The number of carbonyl (C=O) groups is 1. The molecule has 3 nitrogen and oxygen atoms in total. The van der Waals surface area contributed by atoms with Gasteiger partial charge in [-0.1, -0.05) is 30.3 Å². The Morgan fingerprint density at radius 1 is 1.43 bits per heavy atom. The first-order valence-corrected chi connectivity index (χ1v) is 4.63. The van der Waals surface area contributed by atoms with Crippen LogP contribution in [0.1, 0.15) is 24.8 Å². The van der Waals surface area contributed by atoms with E-state index in [1.54, 1.807) is 0 Å². The minimum Gasteiger partial charge on any atom is -0.481 e. The SMILES string of the molecule is C[C@H](N)[C@@H](CC(=O)O)c1ccccc1. The summed E-state index contributed by atoms with van der Waals surface area (Å²) in [7, 11) is 0. The number of aliphatic carboxylic acids is 1. The Balaban J connectivity index is 2.83. The van der Waals surface area contributed by atoms with Gasteiger partial charge in [-0.3, -0.25) is 4.79 Å². The van der Waals surface area contributed by atoms with Gasteiger partial charge >= 0.3 is 5.97 Å². The Hall–Kier alpha value is -1.35. The maximum Gasteiger partial charge on any atom is 0.304 e. The lowest BCUT2D eigenvalue weighted by Crippen LogP contribution is -2.26. The summed E-state index contributed by atoms with van der Waals surface area (Å²) in [4.78, 5) is 10.6. The van der Waals surface area contributed by atoms with Crippen LogP contribution in [0.15, 0.2) is 30.3 Å². The van der Waals surface area contributed by atoms with Crippen molar-refractivity contribution in [2.75, 3.05) is 0 Å². The van der Waals surface area contributed by atoms with Crippen LogP contribution in [0, 0.1) is 0 Å². The Morgan fingerprint density at radius 3 is 2.43 bits per heavy atom. The van der Waals surface area contributed by atoms with Crippen LogP contribution in [0.5, 0.6) is 0 Å². The molecule has 0 aromatic heterocycles. The molecule has 0 fully saturated rings. The first-order chi connectivity index (χ1) is 6.61. The summed E-state index contributed by atoms with van der Waals surface area (Å²) >= 11 is 0. The Labute approximate surface area is 83.6 Å². The molecular formula is C11H15NO2. The summed E-state index contributed by atoms with van der Waals surface area (Å²) in [5, 5.41) is 8.74. The second kappa shape index (κ2) is 4.77. The smallest absolute Gasteiger partial charge is 0.304 e. The van der Waals surface area contributed by atoms with Gasteiger partial charge in [-0.15, -0.1) is 0 Å². The summed E-state index contributed by atoms with van der Waals surface area (Å²) in [5.74, 6) is -0.912. The number of hydrogen-bond donors (Lipinski definition) is 2. The summed E-state index contributed by atoms with van der Waals surface area (Å²) < 4.78 is 0. The summed E-state index contributed by atoms with van der Waals surface area (Å²) in [5.41, 5.74) is 6.74. The quantitative estimate of drug-likeness (QED) is 0.763. The fourth-order valence-corrected chi connectivity index (χ4v) is 1.50. The third-order valence-electron chi connectivity index (χ3n) is 2.26. The van der Waals surface area contributed by atoms with E-state index >= 15 is 0 Å². The van der Waals surface area contributed by atoms with E-state index in [9.17, 15) is 4.79 Å². The number of hydrogen-bond acceptors (Lipinski definition) is 2. The molecule has 0 aliphatic heterocycles. The van der Waals surface area contributed by atoms with E-state index in [0.29, 0.717) is 0 Å². The molecule has 0 heterocycles. The fourth-order valence-electron chi connectivity index (χ4n) is 1.50. The van der Waals surface area contributed by atoms with Crippen molar-refractivity contribution < 1.29 is 9.90 Å². The monoisotopic (exact) mass is 193 g/mol. The predicted octanol–water partition coefficient (Wildman–Crippen LogP) is 1.59. The topological polar surface area (TPSA) is 63.3 Å². The molecular weight excluding hydrogens is 178 g/mol. The molecule has 0 amide bonds. The second-order valence-electron chi connectivity index (χ2n) is 3.47. The Kier molecular flexibility index (Phi) is 3.65. The van der Waals surface area contributed by atoms with Gasteiger partial charge in [0.25, 0.3) is 0 Å². The number of carboxylic acid groups (broad SMARTS) is 1. The van der Waals surface area contributed by atoms with Gasteiger partial charge in [0.2, 0.25) is 0 Å². The molecule has 0 aliphatic rings. The highest BCUT2D eigenvalue weighted by Crippen LogP contribution is 2.21. The standard InChI is InChI=1S/C11H15NO2/c1-8(12)10(7-11(13)14)9-5-3-2-4-6-9/h2-6,8,10H,7,12H2,1H3,(H,13,14)/t8-,10+/m0/s1. The highest BCUT2D eigenvalue weighted by molar-refractivity contribution is 5.68. The zero-order valence-electron chi connectivity index (χ0n) is 8.18. The molecule has 0 aliphatic carbocycles. The van der Waals surface area contributed by atoms with E-state index in [4.69, 9.17) is 10.8 Å². The molecule has 0 unspecified atom stereocenters. The third kappa shape index (κ3) is 2.85.